The van der Waals surface area contributed by atoms with Gasteiger partial charge in [0, 0.05) is 27.1 Å². The van der Waals surface area contributed by atoms with Crippen molar-refractivity contribution in [2.24, 2.45) is 0 Å². The van der Waals surface area contributed by atoms with Gasteiger partial charge in [-0.1, -0.05) is 12.1 Å². The Morgan fingerprint density at radius 2 is 1.95 bits per heavy atom. The van der Waals surface area contributed by atoms with E-state index in [1.54, 1.807) is 11.3 Å². The van der Waals surface area contributed by atoms with Gasteiger partial charge in [-0.2, -0.15) is 0 Å². The molecule has 1 amide bonds. The molecular weight excluding hydrogens is 286 g/mol. The van der Waals surface area contributed by atoms with Gasteiger partial charge < -0.3 is 5.32 Å². The van der Waals surface area contributed by atoms with E-state index in [-0.39, 0.29) is 11.9 Å². The molecule has 0 fully saturated rings. The molecule has 1 heterocycles. The second-order valence-corrected chi connectivity index (χ2v) is 6.92. The first-order chi connectivity index (χ1) is 9.52. The minimum atomic E-state index is 0.0673. The number of thiophene rings is 1. The molecule has 0 radical (unpaired) electrons. The highest BCUT2D eigenvalue weighted by molar-refractivity contribution is 7.80. The summed E-state index contributed by atoms with van der Waals surface area (Å²) in [5.41, 5.74) is 1.01. The molecule has 1 aromatic carbocycles. The quantitative estimate of drug-likeness (QED) is 0.812. The van der Waals surface area contributed by atoms with E-state index in [9.17, 15) is 4.79 Å². The van der Waals surface area contributed by atoms with Crippen LogP contribution in [0.3, 0.4) is 0 Å². The van der Waals surface area contributed by atoms with Crippen LogP contribution in [0, 0.1) is 6.92 Å². The van der Waals surface area contributed by atoms with Crippen LogP contribution in [-0.4, -0.2) is 11.9 Å². The standard InChI is InChI=1S/C16H19NOS2/c1-11(9-15-8-3-12(2)20-15)17-16(18)10-13-4-6-14(19)7-5-13/h3-8,11,19H,9-10H2,1-2H3,(H,17,18). The number of aryl methyl sites for hydroxylation is 1. The van der Waals surface area contributed by atoms with Gasteiger partial charge in [0.15, 0.2) is 0 Å². The van der Waals surface area contributed by atoms with Gasteiger partial charge in [-0.3, -0.25) is 4.79 Å². The van der Waals surface area contributed by atoms with Crippen molar-refractivity contribution in [3.63, 3.8) is 0 Å². The van der Waals surface area contributed by atoms with Crippen LogP contribution in [-0.2, 0) is 17.6 Å². The van der Waals surface area contributed by atoms with Gasteiger partial charge in [-0.15, -0.1) is 24.0 Å². The largest absolute Gasteiger partial charge is 0.353 e. The van der Waals surface area contributed by atoms with Gasteiger partial charge in [0.1, 0.15) is 0 Å². The summed E-state index contributed by atoms with van der Waals surface area (Å²) in [7, 11) is 0. The van der Waals surface area contributed by atoms with Gasteiger partial charge in [-0.25, -0.2) is 0 Å². The predicted molar refractivity (Wildman–Crippen MR) is 87.8 cm³/mol. The van der Waals surface area contributed by atoms with Gasteiger partial charge in [-0.05, 0) is 43.7 Å². The third kappa shape index (κ3) is 4.69. The molecule has 0 aliphatic carbocycles. The fraction of sp³-hybridized carbons (Fsp3) is 0.312. The zero-order valence-corrected chi connectivity index (χ0v) is 13.4. The predicted octanol–water partition coefficient (Wildman–Crippen LogP) is 3.64. The Morgan fingerprint density at radius 1 is 1.25 bits per heavy atom. The van der Waals surface area contributed by atoms with E-state index in [1.165, 1.54) is 9.75 Å². The van der Waals surface area contributed by atoms with E-state index in [0.717, 1.165) is 16.9 Å². The fourth-order valence-electron chi connectivity index (χ4n) is 2.07. The van der Waals surface area contributed by atoms with Crippen molar-refractivity contribution in [1.29, 1.82) is 0 Å². The highest BCUT2D eigenvalue weighted by atomic mass is 32.1. The number of carbonyl (C=O) groups excluding carboxylic acids is 1. The van der Waals surface area contributed by atoms with Crippen LogP contribution in [0.25, 0.3) is 0 Å². The Hall–Kier alpha value is -1.26. The summed E-state index contributed by atoms with van der Waals surface area (Å²) < 4.78 is 0. The van der Waals surface area contributed by atoms with Crippen LogP contribution in [0.15, 0.2) is 41.3 Å². The number of thiol groups is 1. The highest BCUT2D eigenvalue weighted by Gasteiger charge is 2.10. The molecule has 2 nitrogen and oxygen atoms in total. The molecule has 1 unspecified atom stereocenters. The number of carbonyl (C=O) groups is 1. The van der Waals surface area contributed by atoms with E-state index in [1.807, 2.05) is 31.2 Å². The van der Waals surface area contributed by atoms with Gasteiger partial charge in [0.2, 0.25) is 5.91 Å². The van der Waals surface area contributed by atoms with E-state index in [4.69, 9.17) is 0 Å². The Bertz CT molecular complexity index is 574. The fourth-order valence-corrected chi connectivity index (χ4v) is 3.24. The number of nitrogens with one attached hydrogen (secondary N) is 1. The van der Waals surface area contributed by atoms with Crippen LogP contribution >= 0.6 is 24.0 Å². The molecule has 0 aliphatic heterocycles. The first kappa shape index (κ1) is 15.1. The van der Waals surface area contributed by atoms with E-state index < -0.39 is 0 Å². The topological polar surface area (TPSA) is 29.1 Å². The maximum atomic E-state index is 12.0. The third-order valence-corrected chi connectivity index (χ3v) is 4.33. The molecule has 106 valence electrons. The molecule has 0 bridgehead atoms. The SMILES string of the molecule is Cc1ccc(CC(C)NC(=O)Cc2ccc(S)cc2)s1. The lowest BCUT2D eigenvalue weighted by Crippen LogP contribution is -2.34. The molecule has 2 rings (SSSR count). The average Bonchev–Trinajstić information content (AvgIpc) is 2.77. The Labute approximate surface area is 129 Å². The van der Waals surface area contributed by atoms with E-state index in [2.05, 4.69) is 37.0 Å². The number of amides is 1. The number of rotatable bonds is 5. The van der Waals surface area contributed by atoms with E-state index >= 15 is 0 Å². The summed E-state index contributed by atoms with van der Waals surface area (Å²) in [6.45, 7) is 4.15. The minimum absolute atomic E-state index is 0.0673. The molecule has 0 saturated heterocycles. The first-order valence-corrected chi connectivity index (χ1v) is 7.92. The van der Waals surface area contributed by atoms with Crippen LogP contribution in [0.4, 0.5) is 0 Å². The van der Waals surface area contributed by atoms with E-state index in [0.29, 0.717) is 6.42 Å². The van der Waals surface area contributed by atoms with Crippen molar-refractivity contribution in [1.82, 2.24) is 5.32 Å². The first-order valence-electron chi connectivity index (χ1n) is 6.65. The summed E-state index contributed by atoms with van der Waals surface area (Å²) >= 11 is 6.02. The third-order valence-electron chi connectivity index (χ3n) is 3.01. The minimum Gasteiger partial charge on any atom is -0.353 e. The lowest BCUT2D eigenvalue weighted by Gasteiger charge is -2.13. The maximum Gasteiger partial charge on any atom is 0.224 e. The van der Waals surface area contributed by atoms with Gasteiger partial charge in [0.25, 0.3) is 0 Å². The Balaban J connectivity index is 1.83. The lowest BCUT2D eigenvalue weighted by atomic mass is 10.1. The molecule has 1 N–H and O–H groups in total. The number of hydrogen-bond donors (Lipinski definition) is 2. The van der Waals surface area contributed by atoms with Crippen molar-refractivity contribution < 1.29 is 4.79 Å². The maximum absolute atomic E-state index is 12.0. The molecule has 1 atom stereocenters. The Morgan fingerprint density at radius 3 is 2.55 bits per heavy atom. The molecule has 4 heteroatoms. The Kier molecular flexibility index (Phi) is 5.26. The summed E-state index contributed by atoms with van der Waals surface area (Å²) in [4.78, 5) is 15.5. The van der Waals surface area contributed by atoms with Crippen molar-refractivity contribution in [2.45, 2.75) is 37.6 Å². The zero-order chi connectivity index (χ0) is 14.5. The average molecular weight is 305 g/mol. The summed E-state index contributed by atoms with van der Waals surface area (Å²) in [5.74, 6) is 0.0673. The normalized spacial score (nSPS) is 12.2. The van der Waals surface area contributed by atoms with Crippen LogP contribution in [0.2, 0.25) is 0 Å². The molecule has 20 heavy (non-hydrogen) atoms. The molecule has 1 aromatic heterocycles. The summed E-state index contributed by atoms with van der Waals surface area (Å²) in [6.07, 6.45) is 1.31. The molecule has 0 spiro atoms. The monoisotopic (exact) mass is 305 g/mol. The molecule has 0 saturated carbocycles. The molecule has 0 aliphatic rings. The molecular formula is C16H19NOS2. The second kappa shape index (κ2) is 6.95. The zero-order valence-electron chi connectivity index (χ0n) is 11.7. The van der Waals surface area contributed by atoms with Crippen LogP contribution in [0.5, 0.6) is 0 Å². The highest BCUT2D eigenvalue weighted by Crippen LogP contribution is 2.16. The van der Waals surface area contributed by atoms with Crippen molar-refractivity contribution in [3.05, 3.63) is 51.7 Å². The van der Waals surface area contributed by atoms with Crippen molar-refractivity contribution in [3.8, 4) is 0 Å². The summed E-state index contributed by atoms with van der Waals surface area (Å²) in [5, 5.41) is 3.05. The lowest BCUT2D eigenvalue weighted by molar-refractivity contribution is -0.121. The smallest absolute Gasteiger partial charge is 0.224 e. The van der Waals surface area contributed by atoms with Crippen molar-refractivity contribution >= 4 is 29.9 Å². The van der Waals surface area contributed by atoms with Gasteiger partial charge in [0.05, 0.1) is 6.42 Å². The second-order valence-electron chi connectivity index (χ2n) is 5.03. The van der Waals surface area contributed by atoms with Crippen LogP contribution < -0.4 is 5.32 Å². The number of benzene rings is 1. The van der Waals surface area contributed by atoms with Gasteiger partial charge >= 0.3 is 0 Å². The van der Waals surface area contributed by atoms with Crippen molar-refractivity contribution in [2.75, 3.05) is 0 Å². The number of hydrogen-bond acceptors (Lipinski definition) is 3. The van der Waals surface area contributed by atoms with Crippen LogP contribution in [0.1, 0.15) is 22.2 Å². The summed E-state index contributed by atoms with van der Waals surface area (Å²) in [6, 6.07) is 12.1. The molecule has 2 aromatic rings.